The number of hydrogen-bond acceptors (Lipinski definition) is 5. The summed E-state index contributed by atoms with van der Waals surface area (Å²) in [5, 5.41) is 6.05. The Labute approximate surface area is 223 Å². The maximum Gasteiger partial charge on any atom is 0.192 e. The van der Waals surface area contributed by atoms with Crippen molar-refractivity contribution in [2.75, 3.05) is 5.43 Å². The van der Waals surface area contributed by atoms with Gasteiger partial charge in [-0.2, -0.15) is 5.10 Å². The number of fused-ring (bicyclic) bond motifs is 3. The van der Waals surface area contributed by atoms with Crippen molar-refractivity contribution >= 4 is 51.8 Å². The smallest absolute Gasteiger partial charge is 0.192 e. The number of para-hydroxylation sites is 4. The van der Waals surface area contributed by atoms with E-state index in [9.17, 15) is 0 Å². The lowest BCUT2D eigenvalue weighted by molar-refractivity contribution is 0.881. The van der Waals surface area contributed by atoms with Crippen LogP contribution in [0.3, 0.4) is 0 Å². The molecule has 8 heteroatoms. The highest BCUT2D eigenvalue weighted by molar-refractivity contribution is 7.71. The van der Waals surface area contributed by atoms with Crippen LogP contribution in [0.2, 0.25) is 5.02 Å². The van der Waals surface area contributed by atoms with E-state index in [1.54, 1.807) is 0 Å². The molecule has 2 heterocycles. The number of nitrogens with one attached hydrogen (secondary N) is 1. The van der Waals surface area contributed by atoms with Gasteiger partial charge < -0.3 is 0 Å². The monoisotopic (exact) mass is 520 g/mol. The van der Waals surface area contributed by atoms with E-state index in [-0.39, 0.29) is 0 Å². The van der Waals surface area contributed by atoms with Crippen LogP contribution in [-0.2, 0) is 0 Å². The highest BCUT2D eigenvalue weighted by atomic mass is 35.5. The van der Waals surface area contributed by atoms with E-state index in [2.05, 4.69) is 18.4 Å². The van der Waals surface area contributed by atoms with Gasteiger partial charge in [-0.3, -0.25) is 14.6 Å². The molecule has 0 fully saturated rings. The van der Waals surface area contributed by atoms with Crippen LogP contribution in [0.5, 0.6) is 0 Å². The largest absolute Gasteiger partial charge is 0.278 e. The molecule has 180 valence electrons. The van der Waals surface area contributed by atoms with Crippen molar-refractivity contribution in [3.8, 4) is 11.4 Å². The second kappa shape index (κ2) is 9.61. The second-order valence-electron chi connectivity index (χ2n) is 8.51. The van der Waals surface area contributed by atoms with Gasteiger partial charge in [0.15, 0.2) is 21.4 Å². The number of nitrogens with zero attached hydrogens (tertiary/aromatic N) is 5. The number of benzene rings is 4. The Kier molecular flexibility index (Phi) is 6.00. The highest BCUT2D eigenvalue weighted by Gasteiger charge is 2.17. The van der Waals surface area contributed by atoms with Crippen LogP contribution < -0.4 is 10.8 Å². The molecule has 0 amide bonds. The van der Waals surface area contributed by atoms with Gasteiger partial charge in [0.2, 0.25) is 0 Å². The normalized spacial score (nSPS) is 11.8. The summed E-state index contributed by atoms with van der Waals surface area (Å²) in [7, 11) is 0. The molecule has 0 aliphatic heterocycles. The minimum atomic E-state index is 0.514. The van der Waals surface area contributed by atoms with Crippen LogP contribution in [0.25, 0.3) is 33.7 Å². The summed E-state index contributed by atoms with van der Waals surface area (Å²) >= 11 is 12.4. The summed E-state index contributed by atoms with van der Waals surface area (Å²) < 4.78 is 4.40. The molecule has 0 unspecified atom stereocenters. The molecule has 6 rings (SSSR count). The summed E-state index contributed by atoms with van der Waals surface area (Å²) in [6.45, 7) is 2.05. The van der Waals surface area contributed by atoms with Crippen LogP contribution in [-0.4, -0.2) is 19.1 Å². The first-order chi connectivity index (χ1) is 18.1. The van der Waals surface area contributed by atoms with Crippen molar-refractivity contribution in [3.63, 3.8) is 0 Å². The first kappa shape index (κ1) is 23.1. The van der Waals surface area contributed by atoms with E-state index in [1.807, 2.05) is 106 Å². The maximum absolute atomic E-state index is 6.23. The molecule has 4 aromatic carbocycles. The van der Waals surface area contributed by atoms with Crippen molar-refractivity contribution in [3.05, 3.63) is 124 Å². The van der Waals surface area contributed by atoms with Gasteiger partial charge in [0.25, 0.3) is 0 Å². The zero-order chi connectivity index (χ0) is 25.4. The molecular weight excluding hydrogens is 500 g/mol. The molecule has 6 aromatic rings. The number of aromatic nitrogens is 4. The minimum Gasteiger partial charge on any atom is -0.278 e. The zero-order valence-corrected chi connectivity index (χ0v) is 21.4. The third-order valence-electron chi connectivity index (χ3n) is 6.08. The van der Waals surface area contributed by atoms with E-state index in [0.29, 0.717) is 26.4 Å². The van der Waals surface area contributed by atoms with Gasteiger partial charge in [-0.15, -0.1) is 0 Å². The third-order valence-corrected chi connectivity index (χ3v) is 6.69. The molecule has 0 saturated carbocycles. The summed E-state index contributed by atoms with van der Waals surface area (Å²) in [4.78, 5) is 10.1. The molecule has 1 N–H and O–H groups in total. The summed E-state index contributed by atoms with van der Waals surface area (Å²) in [6, 6.07) is 33.2. The van der Waals surface area contributed by atoms with Gasteiger partial charge in [0.05, 0.1) is 28.1 Å². The molecule has 37 heavy (non-hydrogen) atoms. The maximum atomic E-state index is 6.23. The fraction of sp³-hybridized carbons (Fsp3) is 0.0345. The Balaban J connectivity index is 1.84. The molecule has 0 atom stereocenters. The predicted octanol–water partition coefficient (Wildman–Crippen LogP) is 6.98. The van der Waals surface area contributed by atoms with Crippen LogP contribution >= 0.6 is 23.8 Å². The van der Waals surface area contributed by atoms with Crippen LogP contribution in [0.1, 0.15) is 5.56 Å². The molecule has 0 aliphatic carbocycles. The van der Waals surface area contributed by atoms with E-state index in [4.69, 9.17) is 38.9 Å². The molecular formula is C29H21ClN6S. The third kappa shape index (κ3) is 4.28. The first-order valence-electron chi connectivity index (χ1n) is 11.7. The Morgan fingerprint density at radius 2 is 1.32 bits per heavy atom. The van der Waals surface area contributed by atoms with Crippen molar-refractivity contribution in [1.29, 1.82) is 0 Å². The summed E-state index contributed by atoms with van der Waals surface area (Å²) in [6.07, 6.45) is 0. The average Bonchev–Trinajstić information content (AvgIpc) is 3.04. The summed E-state index contributed by atoms with van der Waals surface area (Å²) in [5.74, 6) is 0. The van der Waals surface area contributed by atoms with Gasteiger partial charge in [-0.05, 0) is 79.3 Å². The van der Waals surface area contributed by atoms with Gasteiger partial charge in [-0.25, -0.2) is 9.97 Å². The molecule has 0 radical (unpaired) electrons. The Bertz CT molecular complexity index is 1890. The molecule has 2 aromatic heterocycles. The van der Waals surface area contributed by atoms with Gasteiger partial charge >= 0.3 is 0 Å². The Hall–Kier alpha value is -4.33. The number of anilines is 1. The molecule has 2 bridgehead atoms. The second-order valence-corrected chi connectivity index (χ2v) is 9.32. The predicted molar refractivity (Wildman–Crippen MR) is 152 cm³/mol. The van der Waals surface area contributed by atoms with Crippen molar-refractivity contribution in [2.45, 2.75) is 6.92 Å². The van der Waals surface area contributed by atoms with Crippen molar-refractivity contribution in [1.82, 2.24) is 19.1 Å². The van der Waals surface area contributed by atoms with Crippen LogP contribution in [0, 0.1) is 11.7 Å². The van der Waals surface area contributed by atoms with Crippen LogP contribution in [0.15, 0.2) is 108 Å². The number of halogens is 1. The van der Waals surface area contributed by atoms with E-state index in [1.165, 1.54) is 0 Å². The molecule has 0 saturated heterocycles. The summed E-state index contributed by atoms with van der Waals surface area (Å²) in [5.41, 5.74) is 9.45. The van der Waals surface area contributed by atoms with Crippen LogP contribution in [0.4, 0.5) is 5.69 Å². The molecule has 0 aliphatic rings. The van der Waals surface area contributed by atoms with E-state index >= 15 is 0 Å². The van der Waals surface area contributed by atoms with Gasteiger partial charge in [-0.1, -0.05) is 60.1 Å². The molecule has 6 nitrogen and oxygen atoms in total. The lowest BCUT2D eigenvalue weighted by Gasteiger charge is -2.17. The first-order valence-corrected chi connectivity index (χ1v) is 12.5. The minimum absolute atomic E-state index is 0.514. The van der Waals surface area contributed by atoms with Gasteiger partial charge in [0, 0.05) is 5.02 Å². The van der Waals surface area contributed by atoms with Gasteiger partial charge in [0.1, 0.15) is 0 Å². The Morgan fingerprint density at radius 3 is 2.00 bits per heavy atom. The lowest BCUT2D eigenvalue weighted by atomic mass is 10.2. The number of rotatable bonds is 4. The van der Waals surface area contributed by atoms with E-state index < -0.39 is 0 Å². The van der Waals surface area contributed by atoms with E-state index in [0.717, 1.165) is 33.7 Å². The lowest BCUT2D eigenvalue weighted by Crippen LogP contribution is -2.23. The van der Waals surface area contributed by atoms with Crippen molar-refractivity contribution in [2.24, 2.45) is 5.10 Å². The topological polar surface area (TPSA) is 60.0 Å². The molecule has 0 spiro atoms. The highest BCUT2D eigenvalue weighted by Crippen LogP contribution is 2.22. The number of hydrogen-bond donors (Lipinski definition) is 1. The fourth-order valence-electron chi connectivity index (χ4n) is 4.27. The zero-order valence-electron chi connectivity index (χ0n) is 19.8. The average molecular weight is 521 g/mol. The Morgan fingerprint density at radius 1 is 0.730 bits per heavy atom. The quantitative estimate of drug-likeness (QED) is 0.201. The van der Waals surface area contributed by atoms with Crippen molar-refractivity contribution < 1.29 is 0 Å². The standard InChI is InChI=1S/C29H21ClN6S/c1-19-9-5-8-14-25(19)36-28-26(34-33-21-10-3-2-4-11-21)27(31-23-12-6-7-13-24(23)32-28)35(29(36)37)22-17-15-20(30)16-18-22/h2-18,33H,1H3/b34-26+. The fourth-order valence-corrected chi connectivity index (χ4v) is 4.77. The number of aryl methyl sites for hydroxylation is 1. The SMILES string of the molecule is Cc1ccccc1-n1c(=S)n(-c2ccc(Cl)cc2)c2nc3ccccc3nc1/c2=N/Nc1ccccc1.